The Kier molecular flexibility index (Phi) is 8.21. The van der Waals surface area contributed by atoms with Crippen molar-refractivity contribution in [2.24, 2.45) is 0 Å². The molecule has 0 aromatic heterocycles. The summed E-state index contributed by atoms with van der Waals surface area (Å²) >= 11 is 0. The summed E-state index contributed by atoms with van der Waals surface area (Å²) in [4.78, 5) is 31.7. The Hall–Kier alpha value is -4.18. The molecule has 0 fully saturated rings. The Morgan fingerprint density at radius 2 is 1.41 bits per heavy atom. The Morgan fingerprint density at radius 1 is 0.769 bits per heavy atom. The van der Waals surface area contributed by atoms with Crippen molar-refractivity contribution in [2.75, 3.05) is 9.80 Å². The predicted octanol–water partition coefficient (Wildman–Crippen LogP) is 8.25. The average molecular weight is 517 g/mol. The topological polar surface area (TPSA) is 40.6 Å². The van der Waals surface area contributed by atoms with Gasteiger partial charge in [0.15, 0.2) is 0 Å². The monoisotopic (exact) mass is 516 g/mol. The SMILES string of the molecule is CCCCCc1ccc(C(=O)N2c3ccccc3[C@@H](N(C(=O)c3ccccc3)c3ccccc3)C[C@@H]2C)cc1. The standard InChI is InChI=1S/C35H36N2O2/c1-3-4-7-14-27-21-23-29(24-22-27)34(38)36-26(2)25-33(31-19-12-13-20-32(31)36)37(30-17-10-6-11-18-30)35(39)28-15-8-5-9-16-28/h5-6,8-13,15-24,26,33H,3-4,7,14,25H2,1-2H3/t26-,33-/m0/s1. The van der Waals surface area contributed by atoms with Crippen molar-refractivity contribution in [1.29, 1.82) is 0 Å². The molecule has 4 nitrogen and oxygen atoms in total. The molecule has 1 aliphatic rings. The zero-order chi connectivity index (χ0) is 27.2. The number of aryl methyl sites for hydroxylation is 1. The Labute approximate surface area is 231 Å². The number of fused-ring (bicyclic) bond motifs is 1. The van der Waals surface area contributed by atoms with E-state index >= 15 is 0 Å². The van der Waals surface area contributed by atoms with Crippen molar-refractivity contribution < 1.29 is 9.59 Å². The normalized spacial score (nSPS) is 16.4. The first-order chi connectivity index (χ1) is 19.1. The number of rotatable bonds is 8. The van der Waals surface area contributed by atoms with E-state index in [4.69, 9.17) is 0 Å². The summed E-state index contributed by atoms with van der Waals surface area (Å²) in [5.74, 6) is -0.0543. The summed E-state index contributed by atoms with van der Waals surface area (Å²) < 4.78 is 0. The van der Waals surface area contributed by atoms with Crippen molar-refractivity contribution in [2.45, 2.75) is 58.0 Å². The molecule has 0 radical (unpaired) electrons. The molecule has 1 heterocycles. The molecule has 0 N–H and O–H groups in total. The number of unbranched alkanes of at least 4 members (excludes halogenated alkanes) is 2. The number of nitrogens with zero attached hydrogens (tertiary/aromatic N) is 2. The predicted molar refractivity (Wildman–Crippen MR) is 159 cm³/mol. The molecule has 0 saturated heterocycles. The van der Waals surface area contributed by atoms with Crippen LogP contribution in [0.2, 0.25) is 0 Å². The minimum absolute atomic E-state index is 0.00541. The van der Waals surface area contributed by atoms with Crippen LogP contribution in [0.5, 0.6) is 0 Å². The lowest BCUT2D eigenvalue weighted by Gasteiger charge is -2.43. The summed E-state index contributed by atoms with van der Waals surface area (Å²) in [7, 11) is 0. The smallest absolute Gasteiger partial charge is 0.258 e. The third kappa shape index (κ3) is 5.65. The maximum absolute atomic E-state index is 14.0. The van der Waals surface area contributed by atoms with E-state index in [1.807, 2.05) is 101 Å². The van der Waals surface area contributed by atoms with Gasteiger partial charge in [0.2, 0.25) is 0 Å². The van der Waals surface area contributed by atoms with Crippen LogP contribution in [0.3, 0.4) is 0 Å². The van der Waals surface area contributed by atoms with E-state index in [1.54, 1.807) is 0 Å². The minimum atomic E-state index is -0.212. The van der Waals surface area contributed by atoms with Gasteiger partial charge in [-0.1, -0.05) is 86.5 Å². The molecular weight excluding hydrogens is 480 g/mol. The Morgan fingerprint density at radius 3 is 2.10 bits per heavy atom. The highest BCUT2D eigenvalue weighted by Crippen LogP contribution is 2.43. The molecule has 39 heavy (non-hydrogen) atoms. The van der Waals surface area contributed by atoms with Gasteiger partial charge in [-0.25, -0.2) is 0 Å². The van der Waals surface area contributed by atoms with E-state index < -0.39 is 0 Å². The van der Waals surface area contributed by atoms with E-state index in [9.17, 15) is 9.59 Å². The van der Waals surface area contributed by atoms with Gasteiger partial charge in [0.25, 0.3) is 11.8 Å². The Bertz CT molecular complexity index is 1400. The molecule has 0 aliphatic carbocycles. The van der Waals surface area contributed by atoms with Crippen LogP contribution in [0.1, 0.15) is 77.4 Å². The molecule has 2 atom stereocenters. The third-order valence-corrected chi connectivity index (χ3v) is 7.63. The fourth-order valence-corrected chi connectivity index (χ4v) is 5.62. The van der Waals surface area contributed by atoms with Crippen molar-refractivity contribution in [3.8, 4) is 0 Å². The van der Waals surface area contributed by atoms with Crippen LogP contribution in [-0.4, -0.2) is 17.9 Å². The molecule has 198 valence electrons. The fourth-order valence-electron chi connectivity index (χ4n) is 5.62. The van der Waals surface area contributed by atoms with Gasteiger partial charge < -0.3 is 9.80 Å². The molecule has 1 aliphatic heterocycles. The van der Waals surface area contributed by atoms with Crippen molar-refractivity contribution in [3.05, 3.63) is 131 Å². The van der Waals surface area contributed by atoms with Crippen LogP contribution in [0.4, 0.5) is 11.4 Å². The number of hydrogen-bond acceptors (Lipinski definition) is 2. The van der Waals surface area contributed by atoms with E-state index in [2.05, 4.69) is 32.0 Å². The third-order valence-electron chi connectivity index (χ3n) is 7.63. The van der Waals surface area contributed by atoms with Crippen molar-refractivity contribution >= 4 is 23.2 Å². The van der Waals surface area contributed by atoms with Crippen LogP contribution >= 0.6 is 0 Å². The highest BCUT2D eigenvalue weighted by Gasteiger charge is 2.39. The maximum atomic E-state index is 14.0. The summed E-state index contributed by atoms with van der Waals surface area (Å²) in [5.41, 5.74) is 5.29. The van der Waals surface area contributed by atoms with Gasteiger partial charge in [-0.2, -0.15) is 0 Å². The van der Waals surface area contributed by atoms with E-state index in [0.29, 0.717) is 17.5 Å². The lowest BCUT2D eigenvalue weighted by molar-refractivity contribution is 0.0965. The number of hydrogen-bond donors (Lipinski definition) is 0. The van der Waals surface area contributed by atoms with Crippen LogP contribution in [0.25, 0.3) is 0 Å². The van der Waals surface area contributed by atoms with Gasteiger partial charge >= 0.3 is 0 Å². The van der Waals surface area contributed by atoms with Gasteiger partial charge in [0, 0.05) is 28.5 Å². The minimum Gasteiger partial charge on any atom is -0.305 e. The first-order valence-corrected chi connectivity index (χ1v) is 14.0. The van der Waals surface area contributed by atoms with Crippen molar-refractivity contribution in [1.82, 2.24) is 0 Å². The summed E-state index contributed by atoms with van der Waals surface area (Å²) in [6.45, 7) is 4.29. The molecule has 0 spiro atoms. The van der Waals surface area contributed by atoms with Crippen molar-refractivity contribution in [3.63, 3.8) is 0 Å². The van der Waals surface area contributed by atoms with Gasteiger partial charge in [-0.05, 0) is 79.8 Å². The molecule has 0 saturated carbocycles. The summed E-state index contributed by atoms with van der Waals surface area (Å²) in [6.07, 6.45) is 5.25. The van der Waals surface area contributed by atoms with E-state index in [-0.39, 0.29) is 23.9 Å². The van der Waals surface area contributed by atoms with Crippen LogP contribution in [-0.2, 0) is 6.42 Å². The fraction of sp³-hybridized carbons (Fsp3) is 0.257. The number of benzene rings is 4. The first kappa shape index (κ1) is 26.4. The zero-order valence-corrected chi connectivity index (χ0v) is 22.8. The highest BCUT2D eigenvalue weighted by atomic mass is 16.2. The lowest BCUT2D eigenvalue weighted by Crippen LogP contribution is -2.47. The maximum Gasteiger partial charge on any atom is 0.258 e. The molecular formula is C35H36N2O2. The largest absolute Gasteiger partial charge is 0.305 e. The summed E-state index contributed by atoms with van der Waals surface area (Å²) in [6, 6.07) is 35.1. The Balaban J connectivity index is 1.50. The lowest BCUT2D eigenvalue weighted by atomic mass is 9.89. The second-order valence-corrected chi connectivity index (χ2v) is 10.4. The molecule has 0 unspecified atom stereocenters. The molecule has 4 aromatic carbocycles. The average Bonchev–Trinajstić information content (AvgIpc) is 2.98. The number of para-hydroxylation sites is 2. The number of amides is 2. The molecule has 4 aromatic rings. The molecule has 2 amide bonds. The second kappa shape index (κ2) is 12.1. The zero-order valence-electron chi connectivity index (χ0n) is 22.8. The van der Waals surface area contributed by atoms with Gasteiger partial charge in [-0.15, -0.1) is 0 Å². The number of carbonyl (C=O) groups is 2. The molecule has 0 bridgehead atoms. The number of anilines is 2. The second-order valence-electron chi connectivity index (χ2n) is 10.4. The molecule has 4 heteroatoms. The van der Waals surface area contributed by atoms with Crippen LogP contribution in [0.15, 0.2) is 109 Å². The summed E-state index contributed by atoms with van der Waals surface area (Å²) in [5, 5.41) is 0. The van der Waals surface area contributed by atoms with Crippen LogP contribution in [0, 0.1) is 0 Å². The first-order valence-electron chi connectivity index (χ1n) is 14.0. The van der Waals surface area contributed by atoms with E-state index in [0.717, 1.165) is 23.4 Å². The van der Waals surface area contributed by atoms with Gasteiger partial charge in [0.05, 0.1) is 6.04 Å². The van der Waals surface area contributed by atoms with Crippen LogP contribution < -0.4 is 9.80 Å². The van der Waals surface area contributed by atoms with Gasteiger partial charge in [0.1, 0.15) is 0 Å². The number of carbonyl (C=O) groups excluding carboxylic acids is 2. The quantitative estimate of drug-likeness (QED) is 0.221. The highest BCUT2D eigenvalue weighted by molar-refractivity contribution is 6.09. The molecule has 5 rings (SSSR count). The van der Waals surface area contributed by atoms with Gasteiger partial charge in [-0.3, -0.25) is 9.59 Å². The van der Waals surface area contributed by atoms with E-state index in [1.165, 1.54) is 24.8 Å².